The molecule has 0 saturated carbocycles. The highest BCUT2D eigenvalue weighted by Gasteiger charge is 2.32. The molecule has 0 fully saturated rings. The summed E-state index contributed by atoms with van der Waals surface area (Å²) in [4.78, 5) is 62.0. The highest BCUT2D eigenvalue weighted by Crippen LogP contribution is 2.14. The zero-order valence-electron chi connectivity index (χ0n) is 22.4. The molecule has 0 spiro atoms. The van der Waals surface area contributed by atoms with Gasteiger partial charge in [0, 0.05) is 12.8 Å². The molecule has 0 saturated heterocycles. The molecule has 1 aromatic rings. The van der Waals surface area contributed by atoms with E-state index in [1.807, 2.05) is 20.8 Å². The van der Waals surface area contributed by atoms with E-state index in [1.165, 1.54) is 12.1 Å². The first-order valence-corrected chi connectivity index (χ1v) is 12.7. The highest BCUT2D eigenvalue weighted by molar-refractivity contribution is 5.94. The van der Waals surface area contributed by atoms with Crippen LogP contribution in [0.1, 0.15) is 58.9 Å². The molecule has 38 heavy (non-hydrogen) atoms. The molecule has 9 N–H and O–H groups in total. The standard InChI is InChI=1S/C26H41N5O7/c1-5-15(4)22(31-23(34)18(27)12-14(2)3)25(36)30-20(13-16-6-8-17(32)9-7-16)24(35)29-19(26(37)38)10-11-21(28)33/h6-9,14-15,18-20,22,32H,5,10-13,27H2,1-4H3,(H2,28,33)(H,29,35)(H,30,36)(H,31,34)(H,37,38). The van der Waals surface area contributed by atoms with E-state index in [1.54, 1.807) is 19.1 Å². The number of rotatable bonds is 16. The minimum Gasteiger partial charge on any atom is -0.508 e. The van der Waals surface area contributed by atoms with Crippen molar-refractivity contribution in [3.63, 3.8) is 0 Å². The number of phenols is 1. The number of nitrogens with one attached hydrogen (secondary N) is 3. The number of hydrogen-bond acceptors (Lipinski definition) is 7. The van der Waals surface area contributed by atoms with Crippen molar-refractivity contribution >= 4 is 29.6 Å². The fraction of sp³-hybridized carbons (Fsp3) is 0.577. The van der Waals surface area contributed by atoms with E-state index in [-0.39, 0.29) is 36.8 Å². The molecule has 212 valence electrons. The Balaban J connectivity index is 3.18. The van der Waals surface area contributed by atoms with Crippen molar-refractivity contribution in [2.45, 2.75) is 84.0 Å². The van der Waals surface area contributed by atoms with Crippen LogP contribution < -0.4 is 27.4 Å². The van der Waals surface area contributed by atoms with Crippen LogP contribution in [0.2, 0.25) is 0 Å². The molecular formula is C26H41N5O7. The number of carboxylic acid groups (broad SMARTS) is 1. The molecule has 4 amide bonds. The Bertz CT molecular complexity index is 967. The Labute approximate surface area is 222 Å². The minimum atomic E-state index is -1.41. The van der Waals surface area contributed by atoms with E-state index < -0.39 is 53.8 Å². The van der Waals surface area contributed by atoms with Crippen LogP contribution in [-0.2, 0) is 30.4 Å². The summed E-state index contributed by atoms with van der Waals surface area (Å²) in [7, 11) is 0. The van der Waals surface area contributed by atoms with Crippen molar-refractivity contribution in [1.82, 2.24) is 16.0 Å². The maximum absolute atomic E-state index is 13.4. The van der Waals surface area contributed by atoms with Gasteiger partial charge in [-0.05, 0) is 42.4 Å². The maximum Gasteiger partial charge on any atom is 0.326 e. The van der Waals surface area contributed by atoms with E-state index in [2.05, 4.69) is 16.0 Å². The summed E-state index contributed by atoms with van der Waals surface area (Å²) in [5.41, 5.74) is 11.7. The first-order valence-electron chi connectivity index (χ1n) is 12.7. The van der Waals surface area contributed by atoms with E-state index in [9.17, 15) is 34.2 Å². The van der Waals surface area contributed by atoms with Gasteiger partial charge in [-0.3, -0.25) is 19.2 Å². The third-order valence-corrected chi connectivity index (χ3v) is 6.16. The lowest BCUT2D eigenvalue weighted by Gasteiger charge is -2.28. The summed E-state index contributed by atoms with van der Waals surface area (Å²) in [5.74, 6) is -4.13. The van der Waals surface area contributed by atoms with E-state index in [0.29, 0.717) is 18.4 Å². The Morgan fingerprint density at radius 3 is 1.97 bits per heavy atom. The zero-order chi connectivity index (χ0) is 29.0. The van der Waals surface area contributed by atoms with E-state index in [4.69, 9.17) is 11.5 Å². The number of carboxylic acids is 1. The lowest BCUT2D eigenvalue weighted by Crippen LogP contribution is -2.59. The van der Waals surface area contributed by atoms with Gasteiger partial charge in [-0.25, -0.2) is 4.79 Å². The van der Waals surface area contributed by atoms with Gasteiger partial charge in [0.1, 0.15) is 23.9 Å². The van der Waals surface area contributed by atoms with Crippen molar-refractivity contribution in [3.05, 3.63) is 29.8 Å². The number of aromatic hydroxyl groups is 1. The second-order valence-electron chi connectivity index (χ2n) is 9.94. The van der Waals surface area contributed by atoms with Crippen LogP contribution >= 0.6 is 0 Å². The molecule has 0 aromatic heterocycles. The number of nitrogens with two attached hydrogens (primary N) is 2. The Hall–Kier alpha value is -3.67. The number of phenolic OH excluding ortho intramolecular Hbond substituents is 1. The van der Waals surface area contributed by atoms with Gasteiger partial charge in [0.15, 0.2) is 0 Å². The summed E-state index contributed by atoms with van der Waals surface area (Å²) in [5, 5.41) is 26.7. The van der Waals surface area contributed by atoms with Crippen LogP contribution in [0.5, 0.6) is 5.75 Å². The lowest BCUT2D eigenvalue weighted by atomic mass is 9.96. The Kier molecular flexibility index (Phi) is 13.2. The van der Waals surface area contributed by atoms with Crippen molar-refractivity contribution in [1.29, 1.82) is 0 Å². The van der Waals surface area contributed by atoms with Crippen LogP contribution in [0, 0.1) is 11.8 Å². The lowest BCUT2D eigenvalue weighted by molar-refractivity contribution is -0.142. The predicted octanol–water partition coefficient (Wildman–Crippen LogP) is 0.159. The number of aliphatic carboxylic acids is 1. The van der Waals surface area contributed by atoms with Crippen molar-refractivity contribution in [3.8, 4) is 5.75 Å². The number of primary amides is 1. The van der Waals surface area contributed by atoms with Crippen LogP contribution in [-0.4, -0.2) is 64.0 Å². The smallest absolute Gasteiger partial charge is 0.326 e. The average Bonchev–Trinajstić information content (AvgIpc) is 2.84. The quantitative estimate of drug-likeness (QED) is 0.154. The molecule has 0 aliphatic carbocycles. The number of hydrogen-bond donors (Lipinski definition) is 7. The van der Waals surface area contributed by atoms with Crippen LogP contribution in [0.15, 0.2) is 24.3 Å². The van der Waals surface area contributed by atoms with Gasteiger partial charge in [-0.2, -0.15) is 0 Å². The van der Waals surface area contributed by atoms with Gasteiger partial charge in [-0.1, -0.05) is 46.2 Å². The summed E-state index contributed by atoms with van der Waals surface area (Å²) >= 11 is 0. The summed E-state index contributed by atoms with van der Waals surface area (Å²) in [6.07, 6.45) is 0.448. The first kappa shape index (κ1) is 32.4. The first-order chi connectivity index (χ1) is 17.7. The average molecular weight is 536 g/mol. The molecule has 5 unspecified atom stereocenters. The number of carbonyl (C=O) groups is 5. The van der Waals surface area contributed by atoms with Gasteiger partial charge in [0.25, 0.3) is 0 Å². The topological polar surface area (TPSA) is 214 Å². The second-order valence-corrected chi connectivity index (χ2v) is 9.94. The molecular weight excluding hydrogens is 494 g/mol. The largest absolute Gasteiger partial charge is 0.508 e. The summed E-state index contributed by atoms with van der Waals surface area (Å²) in [6, 6.07) is 1.50. The molecule has 1 rings (SSSR count). The van der Waals surface area contributed by atoms with Crippen LogP contribution in [0.4, 0.5) is 0 Å². The number of carbonyl (C=O) groups excluding carboxylic acids is 4. The van der Waals surface area contributed by atoms with Gasteiger partial charge in [0.2, 0.25) is 23.6 Å². The third kappa shape index (κ3) is 11.2. The van der Waals surface area contributed by atoms with Gasteiger partial charge < -0.3 is 37.6 Å². The maximum atomic E-state index is 13.4. The SMILES string of the molecule is CCC(C)C(NC(=O)C(N)CC(C)C)C(=O)NC(Cc1ccc(O)cc1)C(=O)NC(CCC(N)=O)C(=O)O. The fourth-order valence-electron chi connectivity index (χ4n) is 3.73. The summed E-state index contributed by atoms with van der Waals surface area (Å²) in [6.45, 7) is 7.47. The molecule has 0 aliphatic heterocycles. The minimum absolute atomic E-state index is 0.00784. The fourth-order valence-corrected chi connectivity index (χ4v) is 3.73. The molecule has 5 atom stereocenters. The molecule has 0 aliphatic rings. The highest BCUT2D eigenvalue weighted by atomic mass is 16.4. The van der Waals surface area contributed by atoms with Gasteiger partial charge in [0.05, 0.1) is 6.04 Å². The molecule has 0 radical (unpaired) electrons. The summed E-state index contributed by atoms with van der Waals surface area (Å²) < 4.78 is 0. The van der Waals surface area contributed by atoms with Gasteiger partial charge in [-0.15, -0.1) is 0 Å². The van der Waals surface area contributed by atoms with Crippen molar-refractivity contribution in [2.24, 2.45) is 23.3 Å². The molecule has 12 heteroatoms. The van der Waals surface area contributed by atoms with E-state index >= 15 is 0 Å². The normalized spacial score (nSPS) is 15.0. The third-order valence-electron chi connectivity index (χ3n) is 6.16. The van der Waals surface area contributed by atoms with Crippen LogP contribution in [0.25, 0.3) is 0 Å². The molecule has 0 heterocycles. The Morgan fingerprint density at radius 1 is 0.895 bits per heavy atom. The van der Waals surface area contributed by atoms with Gasteiger partial charge >= 0.3 is 5.97 Å². The Morgan fingerprint density at radius 2 is 1.47 bits per heavy atom. The second kappa shape index (κ2) is 15.6. The van der Waals surface area contributed by atoms with Crippen molar-refractivity contribution < 1.29 is 34.2 Å². The van der Waals surface area contributed by atoms with Crippen LogP contribution in [0.3, 0.4) is 0 Å². The van der Waals surface area contributed by atoms with E-state index in [0.717, 1.165) is 0 Å². The monoisotopic (exact) mass is 535 g/mol. The predicted molar refractivity (Wildman–Crippen MR) is 141 cm³/mol. The number of benzene rings is 1. The van der Waals surface area contributed by atoms with Crippen molar-refractivity contribution in [2.75, 3.05) is 0 Å². The number of amides is 4. The molecule has 12 nitrogen and oxygen atoms in total. The molecule has 1 aromatic carbocycles. The molecule has 0 bridgehead atoms. The zero-order valence-corrected chi connectivity index (χ0v) is 22.4.